The quantitative estimate of drug-likeness (QED) is 0.622. The first kappa shape index (κ1) is 24.0. The van der Waals surface area contributed by atoms with Crippen molar-refractivity contribution in [2.45, 2.75) is 32.2 Å². The van der Waals surface area contributed by atoms with Crippen molar-refractivity contribution in [2.24, 2.45) is 0 Å². The summed E-state index contributed by atoms with van der Waals surface area (Å²) in [4.78, 5) is 46.2. The Morgan fingerprint density at radius 3 is 2.24 bits per heavy atom. The first-order valence-corrected chi connectivity index (χ1v) is 9.12. The van der Waals surface area contributed by atoms with Gasteiger partial charge in [-0.15, -0.1) is 0 Å². The summed E-state index contributed by atoms with van der Waals surface area (Å²) in [6.45, 7) is 3.49. The van der Waals surface area contributed by atoms with Gasteiger partial charge in [0.05, 0.1) is 12.6 Å². The number of hydrogen-bond donors (Lipinski definition) is 3. The van der Waals surface area contributed by atoms with E-state index in [2.05, 4.69) is 5.32 Å². The van der Waals surface area contributed by atoms with Crippen LogP contribution in [0.5, 0.6) is 0 Å². The van der Waals surface area contributed by atoms with Crippen molar-refractivity contribution < 1.29 is 33.8 Å². The van der Waals surface area contributed by atoms with Crippen LogP contribution in [0.1, 0.15) is 26.2 Å². The minimum atomic E-state index is -1.82. The number of likely N-dealkylation sites (N-methyl/N-ethyl adjacent to an activating group) is 1. The van der Waals surface area contributed by atoms with Gasteiger partial charge in [-0.2, -0.15) is 0 Å². The fourth-order valence-electron chi connectivity index (χ4n) is 2.70. The van der Waals surface area contributed by atoms with E-state index in [0.29, 0.717) is 5.69 Å². The van der Waals surface area contributed by atoms with E-state index in [4.69, 9.17) is 19.8 Å². The molecule has 1 unspecified atom stereocenters. The van der Waals surface area contributed by atoms with Crippen LogP contribution < -0.4 is 5.32 Å². The van der Waals surface area contributed by atoms with Crippen molar-refractivity contribution in [1.29, 1.82) is 0 Å². The second-order valence-corrected chi connectivity index (χ2v) is 6.65. The molecule has 2 amide bonds. The molecule has 0 aromatic heterocycles. The minimum absolute atomic E-state index is 0.0609. The van der Waals surface area contributed by atoms with E-state index >= 15 is 0 Å². The van der Waals surface area contributed by atoms with Gasteiger partial charge >= 0.3 is 11.9 Å². The lowest BCUT2D eigenvalue weighted by Crippen LogP contribution is -2.49. The van der Waals surface area contributed by atoms with Crippen LogP contribution >= 0.6 is 0 Å². The molecule has 0 bridgehead atoms. The zero-order valence-corrected chi connectivity index (χ0v) is 16.4. The molecule has 1 aromatic rings. The van der Waals surface area contributed by atoms with Crippen molar-refractivity contribution in [2.75, 3.05) is 32.0 Å². The molecule has 160 valence electrons. The SMILES string of the molecule is CC(C(=O)N1CCCCC1)N(C)CC(=O)Nc1cccc(F)c1.O=C(O)C(=O)O. The molecule has 0 aliphatic carbocycles. The highest BCUT2D eigenvalue weighted by Crippen LogP contribution is 2.12. The van der Waals surface area contributed by atoms with Crippen molar-refractivity contribution >= 4 is 29.4 Å². The number of carboxylic acids is 2. The molecule has 0 spiro atoms. The topological polar surface area (TPSA) is 127 Å². The lowest BCUT2D eigenvalue weighted by Gasteiger charge is -2.32. The number of amides is 2. The molecule has 0 radical (unpaired) electrons. The van der Waals surface area contributed by atoms with Gasteiger partial charge in [0.2, 0.25) is 11.8 Å². The summed E-state index contributed by atoms with van der Waals surface area (Å²) < 4.78 is 13.1. The Labute approximate surface area is 168 Å². The summed E-state index contributed by atoms with van der Waals surface area (Å²) in [5.41, 5.74) is 0.415. The van der Waals surface area contributed by atoms with E-state index in [-0.39, 0.29) is 24.4 Å². The summed E-state index contributed by atoms with van der Waals surface area (Å²) >= 11 is 0. The van der Waals surface area contributed by atoms with Gasteiger partial charge in [0.25, 0.3) is 0 Å². The molecule has 1 fully saturated rings. The van der Waals surface area contributed by atoms with Crippen LogP contribution in [0.2, 0.25) is 0 Å². The molecule has 3 N–H and O–H groups in total. The number of carbonyl (C=O) groups is 4. The van der Waals surface area contributed by atoms with Gasteiger partial charge < -0.3 is 20.4 Å². The van der Waals surface area contributed by atoms with Crippen molar-refractivity contribution in [3.8, 4) is 0 Å². The van der Waals surface area contributed by atoms with Crippen LogP contribution in [0.3, 0.4) is 0 Å². The Bertz CT molecular complexity index is 724. The Hall–Kier alpha value is -3.01. The Kier molecular flexibility index (Phi) is 9.73. The molecule has 1 atom stereocenters. The van der Waals surface area contributed by atoms with Crippen molar-refractivity contribution in [3.63, 3.8) is 0 Å². The second-order valence-electron chi connectivity index (χ2n) is 6.65. The normalized spacial score (nSPS) is 14.4. The fraction of sp³-hybridized carbons (Fsp3) is 0.474. The van der Waals surface area contributed by atoms with Gasteiger partial charge in [0.1, 0.15) is 5.82 Å². The summed E-state index contributed by atoms with van der Waals surface area (Å²) in [5, 5.41) is 17.4. The molecule has 9 nitrogen and oxygen atoms in total. The van der Waals surface area contributed by atoms with Crippen molar-refractivity contribution in [1.82, 2.24) is 9.80 Å². The number of nitrogens with one attached hydrogen (secondary N) is 1. The number of piperidine rings is 1. The smallest absolute Gasteiger partial charge is 0.414 e. The molecule has 1 aliphatic heterocycles. The third-order valence-corrected chi connectivity index (χ3v) is 4.37. The van der Waals surface area contributed by atoms with Crippen LogP contribution in [0.25, 0.3) is 0 Å². The van der Waals surface area contributed by atoms with E-state index in [1.165, 1.54) is 24.6 Å². The Morgan fingerprint density at radius 2 is 1.72 bits per heavy atom. The molecule has 10 heteroatoms. The number of carboxylic acid groups (broad SMARTS) is 2. The van der Waals surface area contributed by atoms with Gasteiger partial charge in [-0.05, 0) is 51.4 Å². The van der Waals surface area contributed by atoms with E-state index in [0.717, 1.165) is 25.9 Å². The van der Waals surface area contributed by atoms with Crippen molar-refractivity contribution in [3.05, 3.63) is 30.1 Å². The van der Waals surface area contributed by atoms with Crippen LogP contribution in [0.4, 0.5) is 10.1 Å². The number of nitrogens with zero attached hydrogens (tertiary/aromatic N) is 2. The molecule has 1 heterocycles. The maximum atomic E-state index is 13.1. The average Bonchev–Trinajstić information content (AvgIpc) is 2.67. The summed E-state index contributed by atoms with van der Waals surface area (Å²) in [5.74, 6) is -4.25. The van der Waals surface area contributed by atoms with Crippen LogP contribution in [0.15, 0.2) is 24.3 Å². The monoisotopic (exact) mass is 411 g/mol. The van der Waals surface area contributed by atoms with Crippen LogP contribution in [-0.4, -0.2) is 76.5 Å². The third-order valence-electron chi connectivity index (χ3n) is 4.37. The van der Waals surface area contributed by atoms with Gasteiger partial charge in [-0.1, -0.05) is 6.07 Å². The fourth-order valence-corrected chi connectivity index (χ4v) is 2.70. The van der Waals surface area contributed by atoms with Crippen LogP contribution in [0, 0.1) is 5.82 Å². The highest BCUT2D eigenvalue weighted by molar-refractivity contribution is 6.27. The average molecular weight is 411 g/mol. The molecule has 1 saturated heterocycles. The number of anilines is 1. The Morgan fingerprint density at radius 1 is 1.14 bits per heavy atom. The highest BCUT2D eigenvalue weighted by Gasteiger charge is 2.26. The number of aliphatic carboxylic acids is 2. The summed E-state index contributed by atoms with van der Waals surface area (Å²) in [7, 11) is 1.75. The largest absolute Gasteiger partial charge is 0.473 e. The number of likely N-dealkylation sites (tertiary alicyclic amines) is 1. The van der Waals surface area contributed by atoms with Gasteiger partial charge in [0.15, 0.2) is 0 Å². The van der Waals surface area contributed by atoms with E-state index in [9.17, 15) is 14.0 Å². The predicted octanol–water partition coefficient (Wildman–Crippen LogP) is 1.25. The number of hydrogen-bond acceptors (Lipinski definition) is 5. The second kappa shape index (κ2) is 11.7. The van der Waals surface area contributed by atoms with E-state index < -0.39 is 17.8 Å². The van der Waals surface area contributed by atoms with Gasteiger partial charge in [-0.3, -0.25) is 14.5 Å². The summed E-state index contributed by atoms with van der Waals surface area (Å²) in [6.07, 6.45) is 3.26. The zero-order valence-electron chi connectivity index (χ0n) is 16.4. The first-order chi connectivity index (χ1) is 13.6. The first-order valence-electron chi connectivity index (χ1n) is 9.12. The highest BCUT2D eigenvalue weighted by atomic mass is 19.1. The standard InChI is InChI=1S/C17H24FN3O2.C2H2O4/c1-13(17(23)21-9-4-3-5-10-21)20(2)12-16(22)19-15-8-6-7-14(18)11-15;3-1(4)2(5)6/h6-8,11,13H,3-5,9-10,12H2,1-2H3,(H,19,22);(H,3,4)(H,5,6). The molecular formula is C19H26FN3O6. The van der Waals surface area contributed by atoms with E-state index in [1.807, 2.05) is 11.8 Å². The van der Waals surface area contributed by atoms with Gasteiger partial charge in [0, 0.05) is 18.8 Å². The number of carbonyl (C=O) groups excluding carboxylic acids is 2. The summed E-state index contributed by atoms with van der Waals surface area (Å²) in [6, 6.07) is 5.40. The molecule has 1 aromatic carbocycles. The predicted molar refractivity (Wildman–Crippen MR) is 103 cm³/mol. The zero-order chi connectivity index (χ0) is 22.0. The Balaban J connectivity index is 0.000000612. The number of rotatable bonds is 5. The number of benzene rings is 1. The molecule has 2 rings (SSSR count). The lowest BCUT2D eigenvalue weighted by atomic mass is 10.1. The van der Waals surface area contributed by atoms with Crippen LogP contribution in [-0.2, 0) is 19.2 Å². The lowest BCUT2D eigenvalue weighted by molar-refractivity contribution is -0.159. The molecule has 1 aliphatic rings. The number of halogens is 1. The molecule has 0 saturated carbocycles. The van der Waals surface area contributed by atoms with E-state index in [1.54, 1.807) is 18.0 Å². The maximum Gasteiger partial charge on any atom is 0.414 e. The minimum Gasteiger partial charge on any atom is -0.473 e. The maximum absolute atomic E-state index is 13.1. The van der Waals surface area contributed by atoms with Gasteiger partial charge in [-0.25, -0.2) is 14.0 Å². The molecule has 29 heavy (non-hydrogen) atoms. The molecular weight excluding hydrogens is 385 g/mol. The third kappa shape index (κ3) is 8.69.